The number of rotatable bonds is 15. The molecule has 1 heterocycles. The van der Waals surface area contributed by atoms with Crippen molar-refractivity contribution in [3.8, 4) is 11.5 Å². The van der Waals surface area contributed by atoms with Crippen LogP contribution in [0.4, 0.5) is 0 Å². The summed E-state index contributed by atoms with van der Waals surface area (Å²) in [6.07, 6.45) is 3.22. The van der Waals surface area contributed by atoms with Crippen LogP contribution in [0, 0.1) is 6.92 Å². The molecule has 7 heteroatoms. The molecule has 0 saturated carbocycles. The molecule has 0 bridgehead atoms. The lowest BCUT2D eigenvalue weighted by atomic mass is 9.95. The maximum atomic E-state index is 13.4. The van der Waals surface area contributed by atoms with E-state index in [0.717, 1.165) is 49.2 Å². The van der Waals surface area contributed by atoms with E-state index in [9.17, 15) is 14.7 Å². The van der Waals surface area contributed by atoms with Crippen molar-refractivity contribution in [2.24, 2.45) is 0 Å². The van der Waals surface area contributed by atoms with Gasteiger partial charge in [-0.15, -0.1) is 0 Å². The molecule has 0 aromatic heterocycles. The summed E-state index contributed by atoms with van der Waals surface area (Å²) >= 11 is 0. The molecule has 1 N–H and O–H groups in total. The topological polar surface area (TPSA) is 79.3 Å². The fraction of sp³-hybridized carbons (Fsp3) is 0.389. The fourth-order valence-electron chi connectivity index (χ4n) is 5.37. The summed E-state index contributed by atoms with van der Waals surface area (Å²) in [5, 5.41) is 11.5. The molecule has 1 atom stereocenters. The first-order chi connectivity index (χ1) is 20.9. The van der Waals surface area contributed by atoms with Crippen LogP contribution in [0.15, 0.2) is 78.4 Å². The zero-order chi connectivity index (χ0) is 30.8. The molecule has 7 nitrogen and oxygen atoms in total. The predicted molar refractivity (Wildman–Crippen MR) is 170 cm³/mol. The SMILES string of the molecule is CCCCCOc1ccc(C2C(=C(O)c3ccc(OCc4cccc(C)c4)cc3)C(=O)C(=O)N2CCN(CC)CC)cc1. The summed E-state index contributed by atoms with van der Waals surface area (Å²) in [5.74, 6) is -0.0951. The largest absolute Gasteiger partial charge is 0.507 e. The Bertz CT molecular complexity index is 1390. The monoisotopic (exact) mass is 584 g/mol. The minimum Gasteiger partial charge on any atom is -0.507 e. The summed E-state index contributed by atoms with van der Waals surface area (Å²) in [7, 11) is 0. The third kappa shape index (κ3) is 8.05. The zero-order valence-corrected chi connectivity index (χ0v) is 25.8. The van der Waals surface area contributed by atoms with E-state index in [4.69, 9.17) is 9.47 Å². The number of ether oxygens (including phenoxy) is 2. The lowest BCUT2D eigenvalue weighted by Gasteiger charge is -2.28. The average Bonchev–Trinajstić information content (AvgIpc) is 3.28. The number of nitrogens with zero attached hydrogens (tertiary/aromatic N) is 2. The number of benzene rings is 3. The highest BCUT2D eigenvalue weighted by Crippen LogP contribution is 2.40. The summed E-state index contributed by atoms with van der Waals surface area (Å²) in [6, 6.07) is 21.9. The number of aliphatic hydroxyl groups is 1. The third-order valence-corrected chi connectivity index (χ3v) is 7.92. The van der Waals surface area contributed by atoms with Gasteiger partial charge in [0.05, 0.1) is 18.2 Å². The first-order valence-corrected chi connectivity index (χ1v) is 15.4. The van der Waals surface area contributed by atoms with Gasteiger partial charge in [-0.05, 0) is 74.0 Å². The van der Waals surface area contributed by atoms with E-state index in [0.29, 0.717) is 37.6 Å². The van der Waals surface area contributed by atoms with E-state index in [2.05, 4.69) is 31.7 Å². The van der Waals surface area contributed by atoms with Crippen molar-refractivity contribution >= 4 is 17.4 Å². The number of amides is 1. The molecule has 0 aliphatic carbocycles. The van der Waals surface area contributed by atoms with E-state index >= 15 is 0 Å². The number of carbonyl (C=O) groups is 2. The number of hydrogen-bond donors (Lipinski definition) is 1. The summed E-state index contributed by atoms with van der Waals surface area (Å²) in [5.41, 5.74) is 3.52. The van der Waals surface area contributed by atoms with E-state index in [-0.39, 0.29) is 11.3 Å². The smallest absolute Gasteiger partial charge is 0.295 e. The summed E-state index contributed by atoms with van der Waals surface area (Å²) in [4.78, 5) is 30.6. The number of unbranched alkanes of at least 4 members (excludes halogenated alkanes) is 2. The standard InChI is InChI=1S/C36H44N2O5/c1-5-8-9-23-42-30-17-13-28(14-18-30)33-32(35(40)36(41)38(33)22-21-37(6-2)7-3)34(39)29-15-19-31(20-16-29)43-25-27-12-10-11-26(4)24-27/h10-20,24,33,39H,5-9,21-23,25H2,1-4H3. The molecular formula is C36H44N2O5. The molecule has 1 aliphatic rings. The third-order valence-electron chi connectivity index (χ3n) is 7.92. The Kier molecular flexibility index (Phi) is 11.4. The number of likely N-dealkylation sites (N-methyl/N-ethyl adjacent to an activating group) is 1. The number of aryl methyl sites for hydroxylation is 1. The molecule has 0 radical (unpaired) electrons. The average molecular weight is 585 g/mol. The Balaban J connectivity index is 1.61. The molecule has 1 amide bonds. The van der Waals surface area contributed by atoms with Gasteiger partial charge in [0.1, 0.15) is 23.9 Å². The van der Waals surface area contributed by atoms with Crippen LogP contribution < -0.4 is 9.47 Å². The molecule has 228 valence electrons. The van der Waals surface area contributed by atoms with E-state index in [1.165, 1.54) is 5.56 Å². The van der Waals surface area contributed by atoms with Crippen LogP contribution in [0.1, 0.15) is 68.3 Å². The highest BCUT2D eigenvalue weighted by molar-refractivity contribution is 6.46. The Hall–Kier alpha value is -4.10. The van der Waals surface area contributed by atoms with Crippen molar-refractivity contribution in [3.05, 3.63) is 101 Å². The Labute approximate surface area is 255 Å². The van der Waals surface area contributed by atoms with Gasteiger partial charge in [0.2, 0.25) is 0 Å². The number of likely N-dealkylation sites (tertiary alicyclic amines) is 1. The van der Waals surface area contributed by atoms with E-state index in [1.807, 2.05) is 49.4 Å². The van der Waals surface area contributed by atoms with Crippen molar-refractivity contribution in [1.82, 2.24) is 9.80 Å². The number of carbonyl (C=O) groups excluding carboxylic acids is 2. The Morgan fingerprint density at radius 1 is 0.884 bits per heavy atom. The molecule has 4 rings (SSSR count). The molecule has 1 fully saturated rings. The van der Waals surface area contributed by atoms with Crippen LogP contribution in [0.2, 0.25) is 0 Å². The first kappa shape index (κ1) is 31.8. The van der Waals surface area contributed by atoms with Gasteiger partial charge in [-0.25, -0.2) is 0 Å². The van der Waals surface area contributed by atoms with Crippen molar-refractivity contribution in [1.29, 1.82) is 0 Å². The molecule has 3 aromatic carbocycles. The van der Waals surface area contributed by atoms with Gasteiger partial charge in [-0.1, -0.05) is 75.6 Å². The Morgan fingerprint density at radius 3 is 2.21 bits per heavy atom. The van der Waals surface area contributed by atoms with Crippen LogP contribution in [-0.4, -0.2) is 59.4 Å². The summed E-state index contributed by atoms with van der Waals surface area (Å²) in [6.45, 7) is 12.1. The van der Waals surface area contributed by atoms with Gasteiger partial charge in [0.25, 0.3) is 11.7 Å². The van der Waals surface area contributed by atoms with Crippen molar-refractivity contribution in [3.63, 3.8) is 0 Å². The second kappa shape index (κ2) is 15.4. The van der Waals surface area contributed by atoms with Crippen LogP contribution in [0.5, 0.6) is 11.5 Å². The number of aliphatic hydroxyl groups excluding tert-OH is 1. The van der Waals surface area contributed by atoms with Crippen LogP contribution in [-0.2, 0) is 16.2 Å². The van der Waals surface area contributed by atoms with Crippen molar-refractivity contribution < 1.29 is 24.2 Å². The normalized spacial score (nSPS) is 16.2. The van der Waals surface area contributed by atoms with Gasteiger partial charge >= 0.3 is 0 Å². The molecular weight excluding hydrogens is 540 g/mol. The van der Waals surface area contributed by atoms with E-state index in [1.54, 1.807) is 29.2 Å². The van der Waals surface area contributed by atoms with Gasteiger partial charge in [0, 0.05) is 18.7 Å². The van der Waals surface area contributed by atoms with Gasteiger partial charge in [0.15, 0.2) is 0 Å². The van der Waals surface area contributed by atoms with E-state index < -0.39 is 17.7 Å². The minimum absolute atomic E-state index is 0.0922. The quantitative estimate of drug-likeness (QED) is 0.0906. The number of ketones is 1. The van der Waals surface area contributed by atoms with Gasteiger partial charge < -0.3 is 24.4 Å². The maximum Gasteiger partial charge on any atom is 0.295 e. The van der Waals surface area contributed by atoms with Crippen LogP contribution in [0.25, 0.3) is 5.76 Å². The highest BCUT2D eigenvalue weighted by atomic mass is 16.5. The Morgan fingerprint density at radius 2 is 1.56 bits per heavy atom. The zero-order valence-electron chi connectivity index (χ0n) is 25.8. The molecule has 43 heavy (non-hydrogen) atoms. The lowest BCUT2D eigenvalue weighted by Crippen LogP contribution is -2.38. The minimum atomic E-state index is -0.707. The molecule has 3 aromatic rings. The predicted octanol–water partition coefficient (Wildman–Crippen LogP) is 6.91. The van der Waals surface area contributed by atoms with Gasteiger partial charge in [-0.2, -0.15) is 0 Å². The van der Waals surface area contributed by atoms with Crippen molar-refractivity contribution in [2.45, 2.75) is 59.6 Å². The summed E-state index contributed by atoms with van der Waals surface area (Å²) < 4.78 is 11.8. The van der Waals surface area contributed by atoms with Gasteiger partial charge in [-0.3, -0.25) is 9.59 Å². The molecule has 0 spiro atoms. The number of Topliss-reactive ketones (excluding diaryl/α,β-unsaturated/α-hetero) is 1. The van der Waals surface area contributed by atoms with Crippen LogP contribution in [0.3, 0.4) is 0 Å². The molecule has 1 unspecified atom stereocenters. The second-order valence-corrected chi connectivity index (χ2v) is 10.9. The molecule has 1 aliphatic heterocycles. The number of hydrogen-bond acceptors (Lipinski definition) is 6. The van der Waals surface area contributed by atoms with Crippen LogP contribution >= 0.6 is 0 Å². The second-order valence-electron chi connectivity index (χ2n) is 10.9. The maximum absolute atomic E-state index is 13.4. The lowest BCUT2D eigenvalue weighted by molar-refractivity contribution is -0.140. The first-order valence-electron chi connectivity index (χ1n) is 15.4. The highest BCUT2D eigenvalue weighted by Gasteiger charge is 2.46. The van der Waals surface area contributed by atoms with Crippen molar-refractivity contribution in [2.75, 3.05) is 32.8 Å². The molecule has 1 saturated heterocycles. The fourth-order valence-corrected chi connectivity index (χ4v) is 5.37.